The van der Waals surface area contributed by atoms with Crippen molar-refractivity contribution >= 4 is 33.5 Å². The van der Waals surface area contributed by atoms with E-state index in [9.17, 15) is 0 Å². The lowest BCUT2D eigenvalue weighted by Crippen LogP contribution is -1.92. The quantitative estimate of drug-likeness (QED) is 0.492. The van der Waals surface area contributed by atoms with Crippen LogP contribution in [0, 0.1) is 0 Å². The SMILES string of the molecule is C=CCn1cc(-c2nc3ccccc3nc2Cl)c2ccccc21. The predicted molar refractivity (Wildman–Crippen MR) is 95.7 cm³/mol. The van der Waals surface area contributed by atoms with Gasteiger partial charge in [0.1, 0.15) is 5.69 Å². The Balaban J connectivity index is 2.02. The molecule has 112 valence electrons. The van der Waals surface area contributed by atoms with E-state index in [1.54, 1.807) is 0 Å². The molecule has 2 aromatic heterocycles. The molecule has 0 aliphatic carbocycles. The van der Waals surface area contributed by atoms with Gasteiger partial charge < -0.3 is 4.57 Å². The van der Waals surface area contributed by atoms with Crippen molar-refractivity contribution in [2.75, 3.05) is 0 Å². The molecule has 4 heteroatoms. The summed E-state index contributed by atoms with van der Waals surface area (Å²) < 4.78 is 2.14. The Morgan fingerprint density at radius 1 is 1.00 bits per heavy atom. The minimum Gasteiger partial charge on any atom is -0.343 e. The zero-order chi connectivity index (χ0) is 15.8. The maximum Gasteiger partial charge on any atom is 0.156 e. The molecule has 0 fully saturated rings. The van der Waals surface area contributed by atoms with Crippen molar-refractivity contribution in [1.29, 1.82) is 0 Å². The van der Waals surface area contributed by atoms with E-state index in [1.807, 2.05) is 42.5 Å². The maximum absolute atomic E-state index is 6.42. The van der Waals surface area contributed by atoms with Crippen LogP contribution in [-0.2, 0) is 6.54 Å². The highest BCUT2D eigenvalue weighted by molar-refractivity contribution is 6.32. The van der Waals surface area contributed by atoms with Crippen molar-refractivity contribution in [2.45, 2.75) is 6.54 Å². The lowest BCUT2D eigenvalue weighted by Gasteiger charge is -2.04. The molecule has 4 aromatic rings. The van der Waals surface area contributed by atoms with Crippen molar-refractivity contribution in [3.63, 3.8) is 0 Å². The number of halogens is 1. The summed E-state index contributed by atoms with van der Waals surface area (Å²) in [4.78, 5) is 9.22. The summed E-state index contributed by atoms with van der Waals surface area (Å²) in [6.45, 7) is 4.56. The molecule has 0 saturated carbocycles. The summed E-state index contributed by atoms with van der Waals surface area (Å²) in [5.41, 5.74) is 4.48. The second-order valence-electron chi connectivity index (χ2n) is 5.35. The molecule has 3 nitrogen and oxygen atoms in total. The van der Waals surface area contributed by atoms with Crippen LogP contribution in [0.1, 0.15) is 0 Å². The summed E-state index contributed by atoms with van der Waals surface area (Å²) >= 11 is 6.42. The molecule has 0 aliphatic heterocycles. The molecule has 0 bridgehead atoms. The van der Waals surface area contributed by atoms with Crippen molar-refractivity contribution in [1.82, 2.24) is 14.5 Å². The first-order valence-corrected chi connectivity index (χ1v) is 7.77. The van der Waals surface area contributed by atoms with Gasteiger partial charge in [-0.1, -0.05) is 48.0 Å². The Morgan fingerprint density at radius 3 is 2.48 bits per heavy atom. The Hall–Kier alpha value is -2.65. The third-order valence-corrected chi connectivity index (χ3v) is 4.16. The highest BCUT2D eigenvalue weighted by Crippen LogP contribution is 2.33. The average molecular weight is 320 g/mol. The van der Waals surface area contributed by atoms with E-state index in [2.05, 4.69) is 34.5 Å². The number of rotatable bonds is 3. The zero-order valence-electron chi connectivity index (χ0n) is 12.4. The van der Waals surface area contributed by atoms with E-state index in [0.29, 0.717) is 10.8 Å². The summed E-state index contributed by atoms with van der Waals surface area (Å²) in [5.74, 6) is 0. The number of para-hydroxylation sites is 3. The number of aromatic nitrogens is 3. The van der Waals surface area contributed by atoms with E-state index in [-0.39, 0.29) is 0 Å². The predicted octanol–water partition coefficient (Wildman–Crippen LogP) is 5.09. The minimum absolute atomic E-state index is 0.421. The number of hydrogen-bond donors (Lipinski definition) is 0. The number of fused-ring (bicyclic) bond motifs is 2. The van der Waals surface area contributed by atoms with Gasteiger partial charge in [-0.15, -0.1) is 6.58 Å². The van der Waals surface area contributed by atoms with Crippen LogP contribution in [-0.4, -0.2) is 14.5 Å². The van der Waals surface area contributed by atoms with Crippen LogP contribution in [0.4, 0.5) is 0 Å². The normalized spacial score (nSPS) is 11.2. The largest absolute Gasteiger partial charge is 0.343 e. The fourth-order valence-corrected chi connectivity index (χ4v) is 3.11. The van der Waals surface area contributed by atoms with Gasteiger partial charge in [0.15, 0.2) is 5.15 Å². The standard InChI is InChI=1S/C19H14ClN3/c1-2-11-23-12-14(13-7-3-6-10-17(13)23)18-19(20)22-16-9-5-4-8-15(16)21-18/h2-10,12H,1,11H2. The fourth-order valence-electron chi connectivity index (χ4n) is 2.88. The molecular formula is C19H14ClN3. The van der Waals surface area contributed by atoms with E-state index >= 15 is 0 Å². The smallest absolute Gasteiger partial charge is 0.156 e. The van der Waals surface area contributed by atoms with E-state index in [1.165, 1.54) is 0 Å². The number of benzene rings is 2. The molecule has 0 radical (unpaired) electrons. The monoisotopic (exact) mass is 319 g/mol. The summed E-state index contributed by atoms with van der Waals surface area (Å²) in [7, 11) is 0. The van der Waals surface area contributed by atoms with Gasteiger partial charge >= 0.3 is 0 Å². The molecule has 0 aliphatic rings. The lowest BCUT2D eigenvalue weighted by molar-refractivity contribution is 0.866. The van der Waals surface area contributed by atoms with Crippen molar-refractivity contribution in [2.24, 2.45) is 0 Å². The lowest BCUT2D eigenvalue weighted by atomic mass is 10.1. The molecule has 0 spiro atoms. The van der Waals surface area contributed by atoms with E-state index in [0.717, 1.165) is 34.0 Å². The molecule has 0 N–H and O–H groups in total. The van der Waals surface area contributed by atoms with Crippen molar-refractivity contribution < 1.29 is 0 Å². The first kappa shape index (κ1) is 14.0. The average Bonchev–Trinajstić information content (AvgIpc) is 2.93. The molecule has 0 unspecified atom stereocenters. The zero-order valence-corrected chi connectivity index (χ0v) is 13.2. The second-order valence-corrected chi connectivity index (χ2v) is 5.71. The van der Waals surface area contributed by atoms with Crippen LogP contribution >= 0.6 is 11.6 Å². The van der Waals surface area contributed by atoms with Gasteiger partial charge in [-0.05, 0) is 18.2 Å². The molecule has 4 rings (SSSR count). The van der Waals surface area contributed by atoms with E-state index in [4.69, 9.17) is 16.6 Å². The van der Waals surface area contributed by atoms with Gasteiger partial charge in [0.2, 0.25) is 0 Å². The topological polar surface area (TPSA) is 30.7 Å². The second kappa shape index (κ2) is 5.52. The van der Waals surface area contributed by atoms with Gasteiger partial charge in [-0.2, -0.15) is 0 Å². The van der Waals surface area contributed by atoms with Gasteiger partial charge in [0, 0.05) is 29.2 Å². The number of hydrogen-bond acceptors (Lipinski definition) is 2. The molecule has 23 heavy (non-hydrogen) atoms. The summed E-state index contributed by atoms with van der Waals surface area (Å²) in [5, 5.41) is 1.53. The molecule has 0 amide bonds. The first-order valence-electron chi connectivity index (χ1n) is 7.39. The van der Waals surface area contributed by atoms with Crippen LogP contribution in [0.25, 0.3) is 33.2 Å². The highest BCUT2D eigenvalue weighted by Gasteiger charge is 2.15. The van der Waals surface area contributed by atoms with E-state index < -0.39 is 0 Å². The molecule has 2 aromatic carbocycles. The van der Waals surface area contributed by atoms with Gasteiger partial charge in [-0.25, -0.2) is 9.97 Å². The third-order valence-electron chi connectivity index (χ3n) is 3.90. The van der Waals surface area contributed by atoms with Crippen LogP contribution in [0.3, 0.4) is 0 Å². The van der Waals surface area contributed by atoms with Crippen molar-refractivity contribution in [3.05, 3.63) is 72.5 Å². The third kappa shape index (κ3) is 2.30. The Morgan fingerprint density at radius 2 is 1.70 bits per heavy atom. The Bertz CT molecular complexity index is 1030. The maximum atomic E-state index is 6.42. The van der Waals surface area contributed by atoms with Crippen LogP contribution < -0.4 is 0 Å². The van der Waals surface area contributed by atoms with Crippen LogP contribution in [0.15, 0.2) is 67.4 Å². The molecular weight excluding hydrogens is 306 g/mol. The number of allylic oxidation sites excluding steroid dienone is 1. The van der Waals surface area contributed by atoms with Gasteiger partial charge in [-0.3, -0.25) is 0 Å². The number of nitrogens with zero attached hydrogens (tertiary/aromatic N) is 3. The molecule has 2 heterocycles. The highest BCUT2D eigenvalue weighted by atomic mass is 35.5. The Labute approximate surface area is 138 Å². The van der Waals surface area contributed by atoms with Crippen molar-refractivity contribution in [3.8, 4) is 11.3 Å². The van der Waals surface area contributed by atoms with Gasteiger partial charge in [0.05, 0.1) is 11.0 Å². The van der Waals surface area contributed by atoms with Crippen LogP contribution in [0.5, 0.6) is 0 Å². The molecule has 0 atom stereocenters. The summed E-state index contributed by atoms with van der Waals surface area (Å²) in [6, 6.07) is 16.0. The summed E-state index contributed by atoms with van der Waals surface area (Å²) in [6.07, 6.45) is 3.95. The molecule has 0 saturated heterocycles. The van der Waals surface area contributed by atoms with Gasteiger partial charge in [0.25, 0.3) is 0 Å². The first-order chi connectivity index (χ1) is 11.3. The minimum atomic E-state index is 0.421. The fraction of sp³-hybridized carbons (Fsp3) is 0.0526. The van der Waals surface area contributed by atoms with Crippen LogP contribution in [0.2, 0.25) is 5.15 Å². The Kier molecular flexibility index (Phi) is 3.36.